The molecule has 21 heavy (non-hydrogen) atoms. The number of benzene rings is 1. The van der Waals surface area contributed by atoms with Gasteiger partial charge in [0.2, 0.25) is 0 Å². The number of ether oxygens (including phenoxy) is 2. The van der Waals surface area contributed by atoms with Crippen LogP contribution in [-0.4, -0.2) is 20.3 Å². The first-order chi connectivity index (χ1) is 9.98. The fourth-order valence-electron chi connectivity index (χ4n) is 1.93. The van der Waals surface area contributed by atoms with Gasteiger partial charge in [0.1, 0.15) is 5.75 Å². The third-order valence-electron chi connectivity index (χ3n) is 3.05. The Hall–Kier alpha value is -1.28. The largest absolute Gasteiger partial charge is 0.496 e. The Kier molecular flexibility index (Phi) is 9.81. The highest BCUT2D eigenvalue weighted by molar-refractivity contribution is 5.58. The molecule has 0 aliphatic heterocycles. The molecule has 0 aromatic heterocycles. The Balaban J connectivity index is 0.00000191. The predicted octanol–water partition coefficient (Wildman–Crippen LogP) is 5.50. The molecule has 0 aliphatic rings. The highest BCUT2D eigenvalue weighted by Gasteiger charge is 2.15. The van der Waals surface area contributed by atoms with Gasteiger partial charge in [0.25, 0.3) is 0 Å². The van der Waals surface area contributed by atoms with E-state index in [-0.39, 0.29) is 5.41 Å². The van der Waals surface area contributed by atoms with Crippen molar-refractivity contribution in [3.05, 3.63) is 35.4 Å². The molecule has 0 saturated carbocycles. The van der Waals surface area contributed by atoms with E-state index in [2.05, 4.69) is 45.1 Å². The van der Waals surface area contributed by atoms with Crippen LogP contribution in [0.3, 0.4) is 0 Å². The summed E-state index contributed by atoms with van der Waals surface area (Å²) in [6.45, 7) is 14.1. The van der Waals surface area contributed by atoms with Gasteiger partial charge in [-0.25, -0.2) is 0 Å². The molecule has 1 aromatic rings. The van der Waals surface area contributed by atoms with Crippen LogP contribution in [0.2, 0.25) is 0 Å². The summed E-state index contributed by atoms with van der Waals surface area (Å²) < 4.78 is 10.9. The molecule has 0 saturated heterocycles. The average molecular weight is 292 g/mol. The van der Waals surface area contributed by atoms with Crippen LogP contribution >= 0.6 is 0 Å². The van der Waals surface area contributed by atoms with Gasteiger partial charge in [0.05, 0.1) is 13.7 Å². The normalized spacial score (nSPS) is 11.2. The summed E-state index contributed by atoms with van der Waals surface area (Å²) in [6.07, 6.45) is 5.33. The van der Waals surface area contributed by atoms with E-state index in [1.54, 1.807) is 7.11 Å². The van der Waals surface area contributed by atoms with Gasteiger partial charge < -0.3 is 9.47 Å². The number of rotatable bonds is 7. The zero-order valence-electron chi connectivity index (χ0n) is 14.8. The lowest BCUT2D eigenvalue weighted by Gasteiger charge is -2.22. The molecule has 2 nitrogen and oxygen atoms in total. The van der Waals surface area contributed by atoms with Gasteiger partial charge >= 0.3 is 0 Å². The lowest BCUT2D eigenvalue weighted by molar-refractivity contribution is 0.0725. The molecule has 1 aromatic carbocycles. The van der Waals surface area contributed by atoms with Crippen LogP contribution in [0.1, 0.15) is 52.2 Å². The number of aryl methyl sites for hydroxylation is 1. The summed E-state index contributed by atoms with van der Waals surface area (Å²) >= 11 is 0. The van der Waals surface area contributed by atoms with E-state index in [0.29, 0.717) is 0 Å². The summed E-state index contributed by atoms with van der Waals surface area (Å²) in [6, 6.07) is 6.22. The van der Waals surface area contributed by atoms with Crippen LogP contribution in [0.25, 0.3) is 6.08 Å². The Morgan fingerprint density at radius 2 is 1.86 bits per heavy atom. The first-order valence-corrected chi connectivity index (χ1v) is 7.87. The maximum Gasteiger partial charge on any atom is 0.126 e. The van der Waals surface area contributed by atoms with Crippen molar-refractivity contribution in [1.29, 1.82) is 0 Å². The van der Waals surface area contributed by atoms with Crippen molar-refractivity contribution < 1.29 is 9.47 Å². The Bertz CT molecular complexity index is 420. The van der Waals surface area contributed by atoms with E-state index < -0.39 is 0 Å². The Labute approximate surface area is 131 Å². The molecule has 0 spiro atoms. The van der Waals surface area contributed by atoms with E-state index >= 15 is 0 Å². The highest BCUT2D eigenvalue weighted by atomic mass is 16.5. The van der Waals surface area contributed by atoms with Crippen LogP contribution in [0.5, 0.6) is 5.75 Å². The van der Waals surface area contributed by atoms with Crippen molar-refractivity contribution in [2.45, 2.75) is 48.0 Å². The van der Waals surface area contributed by atoms with Crippen LogP contribution in [0, 0.1) is 12.3 Å². The fraction of sp³-hybridized carbons (Fsp3) is 0.579. The summed E-state index contributed by atoms with van der Waals surface area (Å²) in [5.74, 6) is 0.921. The molecule has 0 bridgehead atoms. The molecule has 0 atom stereocenters. The standard InChI is InChI=1S/C17H26O2.C2H6/c1-6-19-13-17(3,4)11-7-8-15-12-14(2)9-10-16(15)18-5;1-2/h7-10,12H,6,11,13H2,1-5H3;1-2H3/b8-7+;. The second-order valence-corrected chi connectivity index (χ2v) is 5.65. The summed E-state index contributed by atoms with van der Waals surface area (Å²) in [5, 5.41) is 0. The highest BCUT2D eigenvalue weighted by Crippen LogP contribution is 2.25. The monoisotopic (exact) mass is 292 g/mol. The van der Waals surface area contributed by atoms with Gasteiger partial charge in [-0.05, 0) is 37.8 Å². The first-order valence-electron chi connectivity index (χ1n) is 7.87. The Morgan fingerprint density at radius 1 is 1.19 bits per heavy atom. The van der Waals surface area contributed by atoms with Gasteiger partial charge in [-0.15, -0.1) is 0 Å². The van der Waals surface area contributed by atoms with Gasteiger partial charge in [0.15, 0.2) is 0 Å². The zero-order valence-corrected chi connectivity index (χ0v) is 14.8. The topological polar surface area (TPSA) is 18.5 Å². The Morgan fingerprint density at radius 3 is 2.43 bits per heavy atom. The molecule has 1 rings (SSSR count). The van der Waals surface area contributed by atoms with Crippen molar-refractivity contribution in [3.63, 3.8) is 0 Å². The van der Waals surface area contributed by atoms with Gasteiger partial charge in [0, 0.05) is 12.2 Å². The quantitative estimate of drug-likeness (QED) is 0.661. The SMILES string of the molecule is CC.CCOCC(C)(C)C/C=C/c1cc(C)ccc1OC. The molecule has 120 valence electrons. The minimum Gasteiger partial charge on any atom is -0.496 e. The molecule has 0 radical (unpaired) electrons. The van der Waals surface area contributed by atoms with Crippen LogP contribution < -0.4 is 4.74 Å². The van der Waals surface area contributed by atoms with Crippen molar-refractivity contribution in [3.8, 4) is 5.75 Å². The molecular weight excluding hydrogens is 260 g/mol. The van der Waals surface area contributed by atoms with Crippen molar-refractivity contribution in [1.82, 2.24) is 0 Å². The molecule has 0 fully saturated rings. The lowest BCUT2D eigenvalue weighted by Crippen LogP contribution is -2.18. The lowest BCUT2D eigenvalue weighted by atomic mass is 9.90. The van der Waals surface area contributed by atoms with Gasteiger partial charge in [-0.2, -0.15) is 0 Å². The van der Waals surface area contributed by atoms with Gasteiger partial charge in [-0.1, -0.05) is 51.5 Å². The predicted molar refractivity (Wildman–Crippen MR) is 93.0 cm³/mol. The second-order valence-electron chi connectivity index (χ2n) is 5.65. The van der Waals surface area contributed by atoms with E-state index in [1.165, 1.54) is 5.56 Å². The number of hydrogen-bond acceptors (Lipinski definition) is 2. The average Bonchev–Trinajstić information content (AvgIpc) is 2.47. The molecule has 0 aliphatic carbocycles. The number of hydrogen-bond donors (Lipinski definition) is 0. The second kappa shape index (κ2) is 10.4. The summed E-state index contributed by atoms with van der Waals surface area (Å²) in [7, 11) is 1.71. The van der Waals surface area contributed by atoms with E-state index in [0.717, 1.165) is 30.9 Å². The smallest absolute Gasteiger partial charge is 0.126 e. The molecule has 2 heteroatoms. The zero-order chi connectivity index (χ0) is 16.3. The summed E-state index contributed by atoms with van der Waals surface area (Å²) in [4.78, 5) is 0. The molecule has 0 N–H and O–H groups in total. The van der Waals surface area contributed by atoms with Gasteiger partial charge in [-0.3, -0.25) is 0 Å². The molecule has 0 amide bonds. The van der Waals surface area contributed by atoms with Crippen molar-refractivity contribution in [2.24, 2.45) is 5.41 Å². The molecular formula is C19H32O2. The van der Waals surface area contributed by atoms with E-state index in [1.807, 2.05) is 26.8 Å². The van der Waals surface area contributed by atoms with E-state index in [9.17, 15) is 0 Å². The van der Waals surface area contributed by atoms with E-state index in [4.69, 9.17) is 9.47 Å². The third kappa shape index (κ3) is 7.91. The summed E-state index contributed by atoms with van der Waals surface area (Å²) in [5.41, 5.74) is 2.55. The number of allylic oxidation sites excluding steroid dienone is 1. The maximum absolute atomic E-state index is 5.51. The fourth-order valence-corrected chi connectivity index (χ4v) is 1.93. The van der Waals surface area contributed by atoms with Crippen LogP contribution in [0.4, 0.5) is 0 Å². The first kappa shape index (κ1) is 19.7. The van der Waals surface area contributed by atoms with Crippen LogP contribution in [-0.2, 0) is 4.74 Å². The molecule has 0 heterocycles. The molecule has 0 unspecified atom stereocenters. The van der Waals surface area contributed by atoms with Crippen molar-refractivity contribution in [2.75, 3.05) is 20.3 Å². The third-order valence-corrected chi connectivity index (χ3v) is 3.05. The maximum atomic E-state index is 5.51. The number of methoxy groups -OCH3 is 1. The minimum atomic E-state index is 0.170. The van der Waals surface area contributed by atoms with Crippen LogP contribution in [0.15, 0.2) is 24.3 Å². The van der Waals surface area contributed by atoms with Crippen molar-refractivity contribution >= 4 is 6.08 Å². The minimum absolute atomic E-state index is 0.170.